The number of hydrogen-bond donors (Lipinski definition) is 2. The fourth-order valence-electron chi connectivity index (χ4n) is 4.45. The van der Waals surface area contributed by atoms with Gasteiger partial charge in [-0.05, 0) is 48.2 Å². The molecule has 2 aliphatic rings. The first kappa shape index (κ1) is 14.7. The maximum atomic E-state index is 9.68. The van der Waals surface area contributed by atoms with E-state index in [1.54, 1.807) is 0 Å². The van der Waals surface area contributed by atoms with Crippen LogP contribution in [0.5, 0.6) is 0 Å². The summed E-state index contributed by atoms with van der Waals surface area (Å²) in [7, 11) is 0. The first-order chi connectivity index (χ1) is 11.3. The minimum atomic E-state index is 0.164. The Morgan fingerprint density at radius 3 is 3.04 bits per heavy atom. The summed E-state index contributed by atoms with van der Waals surface area (Å²) in [6.45, 7) is 8.35. The van der Waals surface area contributed by atoms with Gasteiger partial charge in [0, 0.05) is 35.1 Å². The molecule has 120 valence electrons. The Bertz CT molecular complexity index is 786. The molecule has 0 fully saturated rings. The van der Waals surface area contributed by atoms with Crippen molar-refractivity contribution in [3.63, 3.8) is 0 Å². The normalized spacial score (nSPS) is 23.7. The Kier molecular flexibility index (Phi) is 3.63. The van der Waals surface area contributed by atoms with Crippen molar-refractivity contribution in [2.24, 2.45) is 0 Å². The molecule has 23 heavy (non-hydrogen) atoms. The van der Waals surface area contributed by atoms with Crippen LogP contribution in [0.1, 0.15) is 36.1 Å². The summed E-state index contributed by atoms with van der Waals surface area (Å²) in [6.07, 6.45) is 6.45. The third kappa shape index (κ3) is 2.19. The second kappa shape index (κ2) is 5.66. The zero-order valence-corrected chi connectivity index (χ0v) is 13.7. The standard InChI is InChI=1S/C20H24N2O/c1-3-8-22-11-13(12-23)9-15-14-6-5-7-18-20(14)16(10-19(15)22)17(4-2)21-18/h4-7,9,15,19,21,23H,2-3,8,10-12H2,1H3/t15-,19-/m1/s1. The van der Waals surface area contributed by atoms with E-state index in [0.717, 1.165) is 31.5 Å². The quantitative estimate of drug-likeness (QED) is 0.849. The first-order valence-electron chi connectivity index (χ1n) is 8.57. The third-order valence-corrected chi connectivity index (χ3v) is 5.39. The highest BCUT2D eigenvalue weighted by Gasteiger charge is 2.37. The summed E-state index contributed by atoms with van der Waals surface area (Å²) in [5.74, 6) is 0.377. The van der Waals surface area contributed by atoms with Crippen LogP contribution in [0.15, 0.2) is 36.4 Å². The predicted octanol–water partition coefficient (Wildman–Crippen LogP) is 3.46. The molecule has 0 spiro atoms. The van der Waals surface area contributed by atoms with Gasteiger partial charge in [-0.2, -0.15) is 0 Å². The van der Waals surface area contributed by atoms with Gasteiger partial charge in [-0.15, -0.1) is 0 Å². The third-order valence-electron chi connectivity index (χ3n) is 5.39. The van der Waals surface area contributed by atoms with Crippen molar-refractivity contribution >= 4 is 17.0 Å². The molecule has 3 nitrogen and oxygen atoms in total. The van der Waals surface area contributed by atoms with Crippen molar-refractivity contribution in [1.82, 2.24) is 9.88 Å². The second-order valence-electron chi connectivity index (χ2n) is 6.74. The minimum Gasteiger partial charge on any atom is -0.392 e. The number of aromatic nitrogens is 1. The number of aromatic amines is 1. The van der Waals surface area contributed by atoms with Crippen LogP contribution in [0.3, 0.4) is 0 Å². The lowest BCUT2D eigenvalue weighted by Gasteiger charge is -2.43. The van der Waals surface area contributed by atoms with E-state index in [4.69, 9.17) is 0 Å². The van der Waals surface area contributed by atoms with Crippen molar-refractivity contribution in [2.45, 2.75) is 31.7 Å². The van der Waals surface area contributed by atoms with E-state index < -0.39 is 0 Å². The van der Waals surface area contributed by atoms with E-state index in [1.807, 2.05) is 6.08 Å². The summed E-state index contributed by atoms with van der Waals surface area (Å²) >= 11 is 0. The van der Waals surface area contributed by atoms with Crippen LogP contribution in [0.2, 0.25) is 0 Å². The van der Waals surface area contributed by atoms with Crippen molar-refractivity contribution in [1.29, 1.82) is 0 Å². The zero-order valence-electron chi connectivity index (χ0n) is 13.7. The highest BCUT2D eigenvalue weighted by molar-refractivity contribution is 5.92. The van der Waals surface area contributed by atoms with Gasteiger partial charge in [0.1, 0.15) is 0 Å². The number of rotatable bonds is 4. The number of hydrogen-bond acceptors (Lipinski definition) is 2. The van der Waals surface area contributed by atoms with Crippen LogP contribution in [-0.2, 0) is 6.42 Å². The average Bonchev–Trinajstić information content (AvgIpc) is 2.95. The number of fused-ring (bicyclic) bond motifs is 2. The van der Waals surface area contributed by atoms with E-state index in [9.17, 15) is 5.11 Å². The molecule has 1 aliphatic heterocycles. The van der Waals surface area contributed by atoms with Gasteiger partial charge >= 0.3 is 0 Å². The average molecular weight is 308 g/mol. The Morgan fingerprint density at radius 2 is 2.30 bits per heavy atom. The van der Waals surface area contributed by atoms with Gasteiger partial charge in [0.25, 0.3) is 0 Å². The van der Waals surface area contributed by atoms with E-state index in [2.05, 4.69) is 47.7 Å². The predicted molar refractivity (Wildman–Crippen MR) is 95.7 cm³/mol. The maximum absolute atomic E-state index is 9.68. The van der Waals surface area contributed by atoms with Gasteiger partial charge in [-0.1, -0.05) is 31.7 Å². The Balaban J connectivity index is 1.91. The molecule has 0 bridgehead atoms. The molecule has 2 heterocycles. The topological polar surface area (TPSA) is 39.3 Å². The van der Waals surface area contributed by atoms with E-state index in [1.165, 1.54) is 27.7 Å². The van der Waals surface area contributed by atoms with Crippen LogP contribution in [0, 0.1) is 0 Å². The summed E-state index contributed by atoms with van der Waals surface area (Å²) < 4.78 is 0. The number of benzene rings is 1. The largest absolute Gasteiger partial charge is 0.392 e. The molecule has 0 saturated heterocycles. The molecular formula is C20H24N2O. The zero-order chi connectivity index (χ0) is 16.0. The van der Waals surface area contributed by atoms with Gasteiger partial charge in [0.05, 0.1) is 6.61 Å². The molecule has 4 rings (SSSR count). The number of nitrogens with zero attached hydrogens (tertiary/aromatic N) is 1. The highest BCUT2D eigenvalue weighted by atomic mass is 16.3. The molecule has 0 amide bonds. The molecule has 2 aromatic rings. The van der Waals surface area contributed by atoms with E-state index >= 15 is 0 Å². The molecule has 0 saturated carbocycles. The molecule has 1 aromatic heterocycles. The van der Waals surface area contributed by atoms with Gasteiger partial charge in [0.15, 0.2) is 0 Å². The van der Waals surface area contributed by atoms with E-state index in [-0.39, 0.29) is 6.61 Å². The number of aliphatic hydroxyl groups is 1. The molecule has 2 atom stereocenters. The first-order valence-corrected chi connectivity index (χ1v) is 8.57. The molecule has 2 N–H and O–H groups in total. The van der Waals surface area contributed by atoms with Gasteiger partial charge < -0.3 is 10.1 Å². The summed E-state index contributed by atoms with van der Waals surface area (Å²) in [4.78, 5) is 6.07. The van der Waals surface area contributed by atoms with Crippen LogP contribution in [-0.4, -0.2) is 40.7 Å². The molecule has 1 aromatic carbocycles. The lowest BCUT2D eigenvalue weighted by Crippen LogP contribution is -2.47. The van der Waals surface area contributed by atoms with Crippen LogP contribution < -0.4 is 0 Å². The summed E-state index contributed by atoms with van der Waals surface area (Å²) in [6, 6.07) is 7.03. The molecule has 0 unspecified atom stereocenters. The van der Waals surface area contributed by atoms with Crippen molar-refractivity contribution < 1.29 is 5.11 Å². The fourth-order valence-corrected chi connectivity index (χ4v) is 4.45. The van der Waals surface area contributed by atoms with Crippen molar-refractivity contribution in [2.75, 3.05) is 19.7 Å². The van der Waals surface area contributed by atoms with Crippen LogP contribution in [0.25, 0.3) is 17.0 Å². The Morgan fingerprint density at radius 1 is 1.43 bits per heavy atom. The Hall–Kier alpha value is -1.84. The van der Waals surface area contributed by atoms with Gasteiger partial charge in [-0.25, -0.2) is 0 Å². The minimum absolute atomic E-state index is 0.164. The maximum Gasteiger partial charge on any atom is 0.0654 e. The number of H-pyrrole nitrogens is 1. The number of aliphatic hydroxyl groups excluding tert-OH is 1. The van der Waals surface area contributed by atoms with Crippen molar-refractivity contribution in [3.05, 3.63) is 53.2 Å². The van der Waals surface area contributed by atoms with Gasteiger partial charge in [-0.3, -0.25) is 4.90 Å². The molecule has 1 aliphatic carbocycles. The van der Waals surface area contributed by atoms with Crippen LogP contribution >= 0.6 is 0 Å². The molecule has 0 radical (unpaired) electrons. The number of nitrogens with one attached hydrogen (secondary N) is 1. The lowest BCUT2D eigenvalue weighted by molar-refractivity contribution is 0.171. The van der Waals surface area contributed by atoms with Crippen LogP contribution in [0.4, 0.5) is 0 Å². The van der Waals surface area contributed by atoms with E-state index in [0.29, 0.717) is 12.0 Å². The van der Waals surface area contributed by atoms with Crippen molar-refractivity contribution in [3.8, 4) is 0 Å². The van der Waals surface area contributed by atoms with Gasteiger partial charge in [0.2, 0.25) is 0 Å². The monoisotopic (exact) mass is 308 g/mol. The highest BCUT2D eigenvalue weighted by Crippen LogP contribution is 2.43. The second-order valence-corrected chi connectivity index (χ2v) is 6.74. The molecular weight excluding hydrogens is 284 g/mol. The Labute approximate surface area is 137 Å². The smallest absolute Gasteiger partial charge is 0.0654 e. The molecule has 3 heteroatoms. The summed E-state index contributed by atoms with van der Waals surface area (Å²) in [5, 5.41) is 11.1. The SMILES string of the molecule is C=Cc1[nH]c2cccc3c2c1C[C@@H]1[C@@H]3C=C(CO)CN1CCC. The lowest BCUT2D eigenvalue weighted by atomic mass is 9.76. The summed E-state index contributed by atoms with van der Waals surface area (Å²) in [5.41, 5.74) is 6.33. The fraction of sp³-hybridized carbons (Fsp3) is 0.400.